The SMILES string of the molecule is C=CCC(=O)OC.CCc1ccc2c(c1)C(=O)C1(C=CC=CC1)O2. The zero-order chi connectivity index (χ0) is 17.6. The van der Waals surface area contributed by atoms with Crippen molar-refractivity contribution in [1.82, 2.24) is 0 Å². The molecule has 1 aromatic rings. The maximum atomic E-state index is 12.4. The van der Waals surface area contributed by atoms with Crippen LogP contribution in [0.2, 0.25) is 0 Å². The van der Waals surface area contributed by atoms with Gasteiger partial charge in [0.2, 0.25) is 5.78 Å². The highest BCUT2D eigenvalue weighted by atomic mass is 16.5. The summed E-state index contributed by atoms with van der Waals surface area (Å²) in [5.41, 5.74) is 1.13. The fourth-order valence-corrected chi connectivity index (χ4v) is 2.58. The van der Waals surface area contributed by atoms with Gasteiger partial charge in [-0.05, 0) is 30.2 Å². The van der Waals surface area contributed by atoms with E-state index in [0.717, 1.165) is 12.0 Å². The van der Waals surface area contributed by atoms with Gasteiger partial charge in [-0.15, -0.1) is 6.58 Å². The first-order chi connectivity index (χ1) is 11.6. The smallest absolute Gasteiger partial charge is 0.309 e. The van der Waals surface area contributed by atoms with Gasteiger partial charge in [0.15, 0.2) is 5.60 Å². The van der Waals surface area contributed by atoms with Gasteiger partial charge in [-0.25, -0.2) is 0 Å². The van der Waals surface area contributed by atoms with Crippen LogP contribution in [0.4, 0.5) is 0 Å². The Morgan fingerprint density at radius 2 is 2.21 bits per heavy atom. The number of methoxy groups -OCH3 is 1. The maximum absolute atomic E-state index is 12.4. The number of esters is 1. The average molecular weight is 326 g/mol. The van der Waals surface area contributed by atoms with E-state index in [1.54, 1.807) is 0 Å². The lowest BCUT2D eigenvalue weighted by atomic mass is 9.88. The van der Waals surface area contributed by atoms with Gasteiger partial charge >= 0.3 is 5.97 Å². The van der Waals surface area contributed by atoms with Gasteiger partial charge in [0.1, 0.15) is 5.75 Å². The van der Waals surface area contributed by atoms with Crippen LogP contribution in [0.25, 0.3) is 0 Å². The van der Waals surface area contributed by atoms with E-state index >= 15 is 0 Å². The molecule has 4 heteroatoms. The number of ketones is 1. The Bertz CT molecular complexity index is 700. The topological polar surface area (TPSA) is 52.6 Å². The molecule has 3 rings (SSSR count). The molecular formula is C20H22O4. The molecule has 1 aromatic carbocycles. The standard InChI is InChI=1S/C15H14O2.C5H8O2/c1-2-11-6-7-13-12(10-11)14(16)15(17-13)8-4-3-5-9-15;1-3-4-5(6)7-2/h3-8,10H,2,9H2,1H3;3H,1,4H2,2H3. The van der Waals surface area contributed by atoms with Gasteiger partial charge in [-0.2, -0.15) is 0 Å². The fourth-order valence-electron chi connectivity index (χ4n) is 2.58. The Morgan fingerprint density at radius 1 is 1.42 bits per heavy atom. The van der Waals surface area contributed by atoms with Crippen molar-refractivity contribution in [3.05, 3.63) is 66.3 Å². The largest absolute Gasteiger partial charge is 0.474 e. The molecule has 0 radical (unpaired) electrons. The van der Waals surface area contributed by atoms with Gasteiger partial charge < -0.3 is 9.47 Å². The fraction of sp³-hybridized carbons (Fsp3) is 0.300. The second-order valence-electron chi connectivity index (χ2n) is 5.57. The minimum absolute atomic E-state index is 0.0865. The molecule has 1 aliphatic heterocycles. The lowest BCUT2D eigenvalue weighted by Gasteiger charge is -2.23. The van der Waals surface area contributed by atoms with E-state index in [-0.39, 0.29) is 11.8 Å². The molecule has 0 bridgehead atoms. The number of fused-ring (bicyclic) bond motifs is 1. The third-order valence-electron chi connectivity index (χ3n) is 3.95. The molecule has 1 aliphatic carbocycles. The summed E-state index contributed by atoms with van der Waals surface area (Å²) in [4.78, 5) is 22.5. The van der Waals surface area contributed by atoms with Crippen LogP contribution in [0.1, 0.15) is 35.7 Å². The average Bonchev–Trinajstić information content (AvgIpc) is 2.87. The third-order valence-corrected chi connectivity index (χ3v) is 3.95. The van der Waals surface area contributed by atoms with Crippen LogP contribution in [0.15, 0.2) is 55.2 Å². The van der Waals surface area contributed by atoms with E-state index in [2.05, 4.69) is 18.2 Å². The van der Waals surface area contributed by atoms with Crippen molar-refractivity contribution in [3.63, 3.8) is 0 Å². The summed E-state index contributed by atoms with van der Waals surface area (Å²) in [7, 11) is 1.35. The third kappa shape index (κ3) is 3.65. The summed E-state index contributed by atoms with van der Waals surface area (Å²) >= 11 is 0. The van der Waals surface area contributed by atoms with Crippen LogP contribution in [0.3, 0.4) is 0 Å². The number of allylic oxidation sites excluding steroid dienone is 2. The van der Waals surface area contributed by atoms with E-state index in [9.17, 15) is 9.59 Å². The number of carbonyl (C=O) groups excluding carboxylic acids is 2. The lowest BCUT2D eigenvalue weighted by Crippen LogP contribution is -2.38. The monoisotopic (exact) mass is 326 g/mol. The highest BCUT2D eigenvalue weighted by Crippen LogP contribution is 2.39. The van der Waals surface area contributed by atoms with Crippen molar-refractivity contribution in [1.29, 1.82) is 0 Å². The first-order valence-corrected chi connectivity index (χ1v) is 7.95. The summed E-state index contributed by atoms with van der Waals surface area (Å²) in [6, 6.07) is 5.89. The van der Waals surface area contributed by atoms with Crippen molar-refractivity contribution in [3.8, 4) is 5.75 Å². The van der Waals surface area contributed by atoms with Crippen LogP contribution in [-0.2, 0) is 16.0 Å². The van der Waals surface area contributed by atoms with Crippen LogP contribution in [-0.4, -0.2) is 24.5 Å². The molecule has 1 unspecified atom stereocenters. The summed E-state index contributed by atoms with van der Waals surface area (Å²) in [5.74, 6) is 0.561. The molecular weight excluding hydrogens is 304 g/mol. The normalized spacial score (nSPS) is 20.0. The number of benzene rings is 1. The number of carbonyl (C=O) groups is 2. The number of aryl methyl sites for hydroxylation is 1. The summed E-state index contributed by atoms with van der Waals surface area (Å²) < 4.78 is 10.1. The van der Waals surface area contributed by atoms with Gasteiger partial charge in [-0.1, -0.05) is 37.3 Å². The molecule has 0 fully saturated rings. The van der Waals surface area contributed by atoms with E-state index in [0.29, 0.717) is 18.6 Å². The minimum Gasteiger partial charge on any atom is -0.474 e. The summed E-state index contributed by atoms with van der Waals surface area (Å²) in [6.45, 7) is 5.43. The molecule has 4 nitrogen and oxygen atoms in total. The highest BCUT2D eigenvalue weighted by molar-refractivity contribution is 6.09. The second-order valence-corrected chi connectivity index (χ2v) is 5.57. The van der Waals surface area contributed by atoms with Gasteiger partial charge in [0.25, 0.3) is 0 Å². The first-order valence-electron chi connectivity index (χ1n) is 7.95. The van der Waals surface area contributed by atoms with Crippen LogP contribution < -0.4 is 4.74 Å². The Labute approximate surface area is 142 Å². The van der Waals surface area contributed by atoms with Gasteiger partial charge in [-0.3, -0.25) is 9.59 Å². The molecule has 1 atom stereocenters. The maximum Gasteiger partial charge on any atom is 0.309 e. The quantitative estimate of drug-likeness (QED) is 0.626. The summed E-state index contributed by atoms with van der Waals surface area (Å²) in [5, 5.41) is 0. The Kier molecular flexibility index (Phi) is 5.74. The number of rotatable bonds is 3. The molecule has 0 aromatic heterocycles. The van der Waals surface area contributed by atoms with E-state index in [4.69, 9.17) is 4.74 Å². The van der Waals surface area contributed by atoms with Crippen molar-refractivity contribution in [2.24, 2.45) is 0 Å². The molecule has 24 heavy (non-hydrogen) atoms. The molecule has 0 N–H and O–H groups in total. The minimum atomic E-state index is -0.774. The number of hydrogen-bond donors (Lipinski definition) is 0. The second kappa shape index (κ2) is 7.77. The van der Waals surface area contributed by atoms with Crippen LogP contribution in [0.5, 0.6) is 5.75 Å². The predicted molar refractivity (Wildman–Crippen MR) is 93.2 cm³/mol. The zero-order valence-electron chi connectivity index (χ0n) is 14.1. The molecule has 0 saturated carbocycles. The number of hydrogen-bond acceptors (Lipinski definition) is 4. The lowest BCUT2D eigenvalue weighted by molar-refractivity contribution is -0.139. The molecule has 0 saturated heterocycles. The molecule has 1 heterocycles. The van der Waals surface area contributed by atoms with Crippen molar-refractivity contribution in [2.75, 3.05) is 7.11 Å². The molecule has 0 amide bonds. The van der Waals surface area contributed by atoms with Crippen LogP contribution >= 0.6 is 0 Å². The van der Waals surface area contributed by atoms with Gasteiger partial charge in [0.05, 0.1) is 19.1 Å². The van der Waals surface area contributed by atoms with Crippen molar-refractivity contribution < 1.29 is 19.1 Å². The zero-order valence-corrected chi connectivity index (χ0v) is 14.1. The van der Waals surface area contributed by atoms with E-state index in [1.807, 2.05) is 42.5 Å². The van der Waals surface area contributed by atoms with Gasteiger partial charge in [0, 0.05) is 6.42 Å². The number of Topliss-reactive ketones (excluding diaryl/α,β-unsaturated/α-hetero) is 1. The Morgan fingerprint density at radius 3 is 2.75 bits per heavy atom. The Hall–Kier alpha value is -2.62. The Balaban J connectivity index is 0.000000256. The van der Waals surface area contributed by atoms with E-state index in [1.165, 1.54) is 18.7 Å². The molecule has 126 valence electrons. The highest BCUT2D eigenvalue weighted by Gasteiger charge is 2.45. The molecule has 1 spiro atoms. The first kappa shape index (κ1) is 17.7. The number of ether oxygens (including phenoxy) is 2. The van der Waals surface area contributed by atoms with Crippen molar-refractivity contribution >= 4 is 11.8 Å². The summed E-state index contributed by atoms with van der Waals surface area (Å²) in [6.07, 6.45) is 11.0. The predicted octanol–water partition coefficient (Wildman–Crippen LogP) is 3.81. The van der Waals surface area contributed by atoms with Crippen molar-refractivity contribution in [2.45, 2.75) is 31.8 Å². The van der Waals surface area contributed by atoms with Crippen LogP contribution in [0, 0.1) is 0 Å². The van der Waals surface area contributed by atoms with E-state index < -0.39 is 5.60 Å². The molecule has 2 aliphatic rings.